The number of pyridine rings is 1. The van der Waals surface area contributed by atoms with E-state index in [1.165, 1.54) is 18.3 Å². The molecule has 31 heavy (non-hydrogen) atoms. The molecule has 166 valence electrons. The second-order valence-corrected chi connectivity index (χ2v) is 10.5. The zero-order valence-corrected chi connectivity index (χ0v) is 17.9. The number of anilines is 1. The Labute approximate surface area is 179 Å². The van der Waals surface area contributed by atoms with Crippen molar-refractivity contribution < 1.29 is 27.1 Å². The van der Waals surface area contributed by atoms with Gasteiger partial charge in [0.2, 0.25) is 0 Å². The van der Waals surface area contributed by atoms with E-state index in [1.54, 1.807) is 11.0 Å². The fourth-order valence-corrected chi connectivity index (χ4v) is 5.79. The maximum Gasteiger partial charge on any atom is 0.257 e. The minimum absolute atomic E-state index is 0.0510. The van der Waals surface area contributed by atoms with Crippen molar-refractivity contribution >= 4 is 32.3 Å². The van der Waals surface area contributed by atoms with E-state index in [0.717, 1.165) is 0 Å². The van der Waals surface area contributed by atoms with E-state index >= 15 is 0 Å². The third kappa shape index (κ3) is 3.88. The molecule has 10 heteroatoms. The Morgan fingerprint density at radius 2 is 1.74 bits per heavy atom. The third-order valence-electron chi connectivity index (χ3n) is 6.32. The summed E-state index contributed by atoms with van der Waals surface area (Å²) in [6.45, 7) is 2.61. The van der Waals surface area contributed by atoms with Crippen LogP contribution >= 0.6 is 0 Å². The highest BCUT2D eigenvalue weighted by Crippen LogP contribution is 2.37. The van der Waals surface area contributed by atoms with Gasteiger partial charge in [0.1, 0.15) is 5.82 Å². The van der Waals surface area contributed by atoms with Crippen LogP contribution in [0.4, 0.5) is 10.1 Å². The van der Waals surface area contributed by atoms with E-state index < -0.39 is 21.4 Å². The summed E-state index contributed by atoms with van der Waals surface area (Å²) in [5.74, 6) is -1.36. The maximum absolute atomic E-state index is 14.1. The molecule has 0 atom stereocenters. The number of halogens is 1. The predicted octanol–water partition coefficient (Wildman–Crippen LogP) is 1.59. The van der Waals surface area contributed by atoms with Gasteiger partial charge in [-0.25, -0.2) is 12.8 Å². The van der Waals surface area contributed by atoms with E-state index in [9.17, 15) is 17.6 Å². The average Bonchev–Trinajstić information content (AvgIpc) is 3.21. The molecule has 0 radical (unpaired) electrons. The van der Waals surface area contributed by atoms with Crippen molar-refractivity contribution in [2.75, 3.05) is 55.8 Å². The van der Waals surface area contributed by atoms with E-state index in [0.29, 0.717) is 61.3 Å². The minimum atomic E-state index is -3.11. The Balaban J connectivity index is 1.52. The largest absolute Gasteiger partial charge is 0.370 e. The summed E-state index contributed by atoms with van der Waals surface area (Å²) in [5.41, 5.74) is 1.60. The van der Waals surface area contributed by atoms with Gasteiger partial charge in [-0.3, -0.25) is 9.78 Å². The SMILES string of the molecule is O=C(c1cnc2ccc(F)cc2c1N1CCC2(CC1)OCCO2)N1CCS(=O)(=O)CC1. The van der Waals surface area contributed by atoms with Gasteiger partial charge in [0.05, 0.1) is 41.5 Å². The Kier molecular flexibility index (Phi) is 5.10. The normalized spacial score (nSPS) is 22.9. The van der Waals surface area contributed by atoms with Gasteiger partial charge in [0, 0.05) is 50.6 Å². The summed E-state index contributed by atoms with van der Waals surface area (Å²) in [7, 11) is -3.11. The monoisotopic (exact) mass is 449 g/mol. The van der Waals surface area contributed by atoms with Gasteiger partial charge in [-0.15, -0.1) is 0 Å². The molecule has 0 bridgehead atoms. The lowest BCUT2D eigenvalue weighted by molar-refractivity contribution is -0.169. The number of fused-ring (bicyclic) bond motifs is 1. The van der Waals surface area contributed by atoms with Crippen molar-refractivity contribution in [2.24, 2.45) is 0 Å². The first-order valence-corrected chi connectivity index (χ1v) is 12.3. The van der Waals surface area contributed by atoms with Gasteiger partial charge in [0.25, 0.3) is 5.91 Å². The molecule has 1 aromatic heterocycles. The Morgan fingerprint density at radius 3 is 2.42 bits per heavy atom. The Morgan fingerprint density at radius 1 is 1.06 bits per heavy atom. The topological polar surface area (TPSA) is 89.0 Å². The van der Waals surface area contributed by atoms with Crippen molar-refractivity contribution in [1.29, 1.82) is 0 Å². The zero-order valence-electron chi connectivity index (χ0n) is 17.0. The first kappa shape index (κ1) is 20.6. The van der Waals surface area contributed by atoms with Gasteiger partial charge in [0.15, 0.2) is 15.6 Å². The molecule has 3 aliphatic heterocycles. The molecule has 1 amide bonds. The standard InChI is InChI=1S/C21H24FN3O5S/c22-15-1-2-18-16(13-15)19(24-5-3-21(4-6-24)29-9-10-30-21)17(14-23-18)20(26)25-7-11-31(27,28)12-8-25/h1-2,13-14H,3-12H2. The number of carbonyl (C=O) groups excluding carboxylic acids is 1. The summed E-state index contributed by atoms with van der Waals surface area (Å²) >= 11 is 0. The van der Waals surface area contributed by atoms with Crippen molar-refractivity contribution in [3.05, 3.63) is 35.8 Å². The summed E-state index contributed by atoms with van der Waals surface area (Å²) in [4.78, 5) is 21.4. The number of benzene rings is 1. The van der Waals surface area contributed by atoms with Crippen molar-refractivity contribution in [3.8, 4) is 0 Å². The molecule has 1 spiro atoms. The molecule has 0 saturated carbocycles. The number of amides is 1. The van der Waals surface area contributed by atoms with Gasteiger partial charge in [-0.05, 0) is 18.2 Å². The molecule has 0 N–H and O–H groups in total. The third-order valence-corrected chi connectivity index (χ3v) is 7.93. The number of hydrogen-bond acceptors (Lipinski definition) is 7. The molecular weight excluding hydrogens is 425 g/mol. The van der Waals surface area contributed by atoms with Crippen LogP contribution in [0.25, 0.3) is 10.9 Å². The molecule has 0 unspecified atom stereocenters. The van der Waals surface area contributed by atoms with Crippen molar-refractivity contribution in [1.82, 2.24) is 9.88 Å². The van der Waals surface area contributed by atoms with Gasteiger partial charge >= 0.3 is 0 Å². The maximum atomic E-state index is 14.1. The van der Waals surface area contributed by atoms with E-state index in [-0.39, 0.29) is 30.5 Å². The van der Waals surface area contributed by atoms with Crippen molar-refractivity contribution in [2.45, 2.75) is 18.6 Å². The van der Waals surface area contributed by atoms with Gasteiger partial charge in [-0.1, -0.05) is 0 Å². The summed E-state index contributed by atoms with van der Waals surface area (Å²) in [6.07, 6.45) is 2.80. The fourth-order valence-electron chi connectivity index (χ4n) is 4.59. The lowest BCUT2D eigenvalue weighted by atomic mass is 10.00. The van der Waals surface area contributed by atoms with Crippen molar-refractivity contribution in [3.63, 3.8) is 0 Å². The molecule has 4 heterocycles. The summed E-state index contributed by atoms with van der Waals surface area (Å²) in [6, 6.07) is 4.36. The average molecular weight is 450 g/mol. The smallest absolute Gasteiger partial charge is 0.257 e. The van der Waals surface area contributed by atoms with Crippen LogP contribution in [-0.4, -0.2) is 80.9 Å². The fraction of sp³-hybridized carbons (Fsp3) is 0.524. The van der Waals surface area contributed by atoms with Gasteiger partial charge < -0.3 is 19.3 Å². The Hall–Kier alpha value is -2.30. The number of ether oxygens (including phenoxy) is 2. The van der Waals surface area contributed by atoms with Crippen LogP contribution in [0.5, 0.6) is 0 Å². The number of aromatic nitrogens is 1. The van der Waals surface area contributed by atoms with E-state index in [4.69, 9.17) is 9.47 Å². The molecule has 3 aliphatic rings. The second kappa shape index (κ2) is 7.68. The number of sulfone groups is 1. The molecule has 3 fully saturated rings. The van der Waals surface area contributed by atoms with Gasteiger partial charge in [-0.2, -0.15) is 0 Å². The van der Waals surface area contributed by atoms with E-state index in [2.05, 4.69) is 9.88 Å². The Bertz CT molecular complexity index is 1110. The number of rotatable bonds is 2. The quantitative estimate of drug-likeness (QED) is 0.688. The van der Waals surface area contributed by atoms with Crippen LogP contribution in [0.1, 0.15) is 23.2 Å². The van der Waals surface area contributed by atoms with Crippen LogP contribution in [-0.2, 0) is 19.3 Å². The molecule has 8 nitrogen and oxygen atoms in total. The van der Waals surface area contributed by atoms with Crippen LogP contribution < -0.4 is 4.90 Å². The minimum Gasteiger partial charge on any atom is -0.370 e. The van der Waals surface area contributed by atoms with Crippen LogP contribution in [0.2, 0.25) is 0 Å². The lowest BCUT2D eigenvalue weighted by Gasteiger charge is -2.40. The number of hydrogen-bond donors (Lipinski definition) is 0. The number of nitrogens with zero attached hydrogens (tertiary/aromatic N) is 3. The summed E-state index contributed by atoms with van der Waals surface area (Å²) in [5, 5.41) is 0.569. The first-order valence-electron chi connectivity index (χ1n) is 10.5. The molecule has 2 aromatic rings. The van der Waals surface area contributed by atoms with Crippen LogP contribution in [0, 0.1) is 5.82 Å². The molecule has 5 rings (SSSR count). The molecule has 3 saturated heterocycles. The molecule has 0 aliphatic carbocycles. The highest BCUT2D eigenvalue weighted by Gasteiger charge is 2.41. The highest BCUT2D eigenvalue weighted by molar-refractivity contribution is 7.91. The molecular formula is C21H24FN3O5S. The highest BCUT2D eigenvalue weighted by atomic mass is 32.2. The van der Waals surface area contributed by atoms with Crippen LogP contribution in [0.15, 0.2) is 24.4 Å². The lowest BCUT2D eigenvalue weighted by Crippen LogP contribution is -2.47. The van der Waals surface area contributed by atoms with E-state index in [1.807, 2.05) is 0 Å². The molecule has 1 aromatic carbocycles. The predicted molar refractivity (Wildman–Crippen MR) is 112 cm³/mol. The van der Waals surface area contributed by atoms with Crippen LogP contribution in [0.3, 0.4) is 0 Å². The number of carbonyl (C=O) groups is 1. The summed E-state index contributed by atoms with van der Waals surface area (Å²) < 4.78 is 49.3. The zero-order chi connectivity index (χ0) is 21.6. The second-order valence-electron chi connectivity index (χ2n) is 8.22. The first-order chi connectivity index (χ1) is 14.9. The number of piperidine rings is 1.